The molecule has 3 heterocycles. The van der Waals surface area contributed by atoms with Gasteiger partial charge in [0.2, 0.25) is 27.7 Å². The van der Waals surface area contributed by atoms with Gasteiger partial charge in [0.1, 0.15) is 17.7 Å². The van der Waals surface area contributed by atoms with E-state index in [-0.39, 0.29) is 37.8 Å². The summed E-state index contributed by atoms with van der Waals surface area (Å²) in [6.45, 7) is 13.5. The molecule has 274 valence electrons. The molecule has 51 heavy (non-hydrogen) atoms. The van der Waals surface area contributed by atoms with Gasteiger partial charge in [-0.15, -0.1) is 6.58 Å². The summed E-state index contributed by atoms with van der Waals surface area (Å²) in [5.74, 6) is -3.38. The van der Waals surface area contributed by atoms with Gasteiger partial charge in [-0.1, -0.05) is 65.0 Å². The second-order valence-electron chi connectivity index (χ2n) is 16.3. The number of hydrogen-bond acceptors (Lipinski definition) is 9. The van der Waals surface area contributed by atoms with Crippen LogP contribution in [0, 0.1) is 22.7 Å². The van der Waals surface area contributed by atoms with Crippen LogP contribution < -0.4 is 14.8 Å². The molecule has 13 heteroatoms. The predicted octanol–water partition coefficient (Wildman–Crippen LogP) is 4.29. The summed E-state index contributed by atoms with van der Waals surface area (Å²) in [4.78, 5) is 61.5. The fraction of sp³-hybridized carbons (Fsp3) is 0.553. The standard InChI is InChI=1S/C38H48N4O8S/c1-7-25-20-38(25,35(46)41-51(47,48)27-12-13-27)40-32(44)30-18-26-21-42(30)34(45)29(36(2,3)4)19-31(43)49-22-37(5,6)15-8-9-23-10-11-24-14-16-39-33(50-26)28(24)17-23/h7-11,14,16-17,25-27,29-30H,1,12-13,15,18-22H2,2-6H3,(H,40,44)(H,41,46)/b9-8+/t25-,26-,29-,30?,38-/m1/s1. The number of allylic oxidation sites excluding steroid dienone is 1. The second-order valence-corrected chi connectivity index (χ2v) is 18.3. The zero-order valence-electron chi connectivity index (χ0n) is 29.9. The average molecular weight is 721 g/mol. The summed E-state index contributed by atoms with van der Waals surface area (Å²) < 4.78 is 39.7. The molecule has 5 atom stereocenters. The van der Waals surface area contributed by atoms with Crippen molar-refractivity contribution < 1.29 is 37.1 Å². The van der Waals surface area contributed by atoms with Crippen molar-refractivity contribution in [3.8, 4) is 5.88 Å². The lowest BCUT2D eigenvalue weighted by molar-refractivity contribution is -0.155. The average Bonchev–Trinajstić information content (AvgIpc) is 3.98. The maximum atomic E-state index is 14.6. The number of cyclic esters (lactones) is 1. The number of esters is 1. The molecule has 0 radical (unpaired) electrons. The van der Waals surface area contributed by atoms with Crippen LogP contribution in [-0.4, -0.2) is 78.1 Å². The van der Waals surface area contributed by atoms with Gasteiger partial charge in [0.15, 0.2) is 0 Å². The molecule has 4 bridgehead atoms. The van der Waals surface area contributed by atoms with Crippen LogP contribution in [0.25, 0.3) is 16.8 Å². The lowest BCUT2D eigenvalue weighted by atomic mass is 9.77. The number of hydrogen-bond donors (Lipinski definition) is 2. The Kier molecular flexibility index (Phi) is 9.58. The van der Waals surface area contributed by atoms with Gasteiger partial charge in [-0.3, -0.25) is 23.9 Å². The highest BCUT2D eigenvalue weighted by atomic mass is 32.2. The third kappa shape index (κ3) is 7.83. The van der Waals surface area contributed by atoms with Gasteiger partial charge in [-0.25, -0.2) is 13.4 Å². The van der Waals surface area contributed by atoms with Gasteiger partial charge in [-0.2, -0.15) is 0 Å². The number of rotatable bonds is 6. The number of sulfonamides is 1. The first-order valence-corrected chi connectivity index (χ1v) is 19.2. The normalized spacial score (nSPS) is 28.9. The van der Waals surface area contributed by atoms with Crippen LogP contribution in [0.15, 0.2) is 49.2 Å². The maximum Gasteiger partial charge on any atom is 0.306 e. The quantitative estimate of drug-likeness (QED) is 0.328. The summed E-state index contributed by atoms with van der Waals surface area (Å²) in [6.07, 6.45) is 8.16. The number of aromatic nitrogens is 1. The molecule has 2 aliphatic heterocycles. The Hall–Kier alpha value is -4.26. The van der Waals surface area contributed by atoms with Crippen LogP contribution >= 0.6 is 0 Å². The lowest BCUT2D eigenvalue weighted by Gasteiger charge is -2.35. The third-order valence-corrected chi connectivity index (χ3v) is 12.3. The van der Waals surface area contributed by atoms with Gasteiger partial charge >= 0.3 is 5.97 Å². The van der Waals surface area contributed by atoms with Gasteiger partial charge in [0.25, 0.3) is 5.91 Å². The Labute approximate surface area is 299 Å². The van der Waals surface area contributed by atoms with Crippen LogP contribution in [0.3, 0.4) is 0 Å². The Morgan fingerprint density at radius 3 is 2.55 bits per heavy atom. The predicted molar refractivity (Wildman–Crippen MR) is 191 cm³/mol. The molecular formula is C38H48N4O8S. The number of benzene rings is 1. The van der Waals surface area contributed by atoms with Crippen molar-refractivity contribution in [2.24, 2.45) is 22.7 Å². The van der Waals surface area contributed by atoms with Crippen molar-refractivity contribution in [1.29, 1.82) is 0 Å². The second kappa shape index (κ2) is 13.4. The van der Waals surface area contributed by atoms with Crippen molar-refractivity contribution in [2.45, 2.75) is 96.1 Å². The van der Waals surface area contributed by atoms with E-state index in [0.29, 0.717) is 25.1 Å². The molecule has 1 saturated heterocycles. The third-order valence-electron chi connectivity index (χ3n) is 10.4. The van der Waals surface area contributed by atoms with Crippen LogP contribution in [0.1, 0.15) is 78.7 Å². The first-order chi connectivity index (χ1) is 23.9. The summed E-state index contributed by atoms with van der Waals surface area (Å²) in [6, 6.07) is 6.74. The zero-order chi connectivity index (χ0) is 36.9. The smallest absolute Gasteiger partial charge is 0.306 e. The summed E-state index contributed by atoms with van der Waals surface area (Å²) in [5, 5.41) is 3.87. The number of carbonyl (C=O) groups excluding carboxylic acids is 4. The van der Waals surface area contributed by atoms with Gasteiger partial charge < -0.3 is 19.7 Å². The molecule has 1 aromatic heterocycles. The van der Waals surface area contributed by atoms with E-state index >= 15 is 0 Å². The molecule has 2 saturated carbocycles. The number of carbonyl (C=O) groups is 4. The first kappa shape index (κ1) is 36.5. The summed E-state index contributed by atoms with van der Waals surface area (Å²) >= 11 is 0. The fourth-order valence-corrected chi connectivity index (χ4v) is 8.31. The monoisotopic (exact) mass is 720 g/mol. The SMILES string of the molecule is C=C[C@@H]1C[C@]1(NC(=O)C1C[C@@H]2CN1C(=O)[C@H](C(C)(C)C)CC(=O)OCC(C)(C)C/C=C/c1ccc3ccnc(c3c1)O2)C(=O)NS(=O)(=O)C1CC1. The van der Waals surface area contributed by atoms with E-state index in [1.165, 1.54) is 11.0 Å². The minimum atomic E-state index is -3.88. The number of nitrogens with zero attached hydrogens (tertiary/aromatic N) is 2. The van der Waals surface area contributed by atoms with E-state index in [0.717, 1.165) is 16.3 Å². The number of fused-ring (bicyclic) bond motifs is 3. The van der Waals surface area contributed by atoms with Crippen molar-refractivity contribution >= 4 is 50.6 Å². The Morgan fingerprint density at radius 2 is 1.88 bits per heavy atom. The maximum absolute atomic E-state index is 14.6. The van der Waals surface area contributed by atoms with Crippen molar-refractivity contribution in [1.82, 2.24) is 19.9 Å². The van der Waals surface area contributed by atoms with Crippen LogP contribution in [0.4, 0.5) is 0 Å². The number of amides is 3. The topological polar surface area (TPSA) is 161 Å². The minimum Gasteiger partial charge on any atom is -0.472 e. The largest absolute Gasteiger partial charge is 0.472 e. The fourth-order valence-electron chi connectivity index (χ4n) is 6.95. The first-order valence-electron chi connectivity index (χ1n) is 17.6. The van der Waals surface area contributed by atoms with Crippen molar-refractivity contribution in [3.63, 3.8) is 0 Å². The van der Waals surface area contributed by atoms with E-state index in [2.05, 4.69) is 21.6 Å². The van der Waals surface area contributed by atoms with Crippen LogP contribution in [-0.2, 0) is 33.9 Å². The number of ether oxygens (including phenoxy) is 2. The molecule has 2 aromatic rings. The van der Waals surface area contributed by atoms with Crippen LogP contribution in [0.2, 0.25) is 0 Å². The zero-order valence-corrected chi connectivity index (χ0v) is 30.8. The highest BCUT2D eigenvalue weighted by Gasteiger charge is 2.62. The van der Waals surface area contributed by atoms with Crippen molar-refractivity contribution in [2.75, 3.05) is 13.2 Å². The number of pyridine rings is 1. The number of nitrogens with one attached hydrogen (secondary N) is 2. The molecule has 3 fully saturated rings. The molecule has 1 unspecified atom stereocenters. The minimum absolute atomic E-state index is 0.0172. The molecule has 6 rings (SSSR count). The van der Waals surface area contributed by atoms with E-state index in [1.807, 2.05) is 71.0 Å². The molecule has 1 aromatic carbocycles. The lowest BCUT2D eigenvalue weighted by Crippen LogP contribution is -2.57. The Balaban J connectivity index is 1.35. The van der Waals surface area contributed by atoms with Gasteiger partial charge in [0, 0.05) is 29.3 Å². The molecule has 2 N–H and O–H groups in total. The Morgan fingerprint density at radius 1 is 1.14 bits per heavy atom. The van der Waals surface area contributed by atoms with Crippen molar-refractivity contribution in [3.05, 3.63) is 54.8 Å². The van der Waals surface area contributed by atoms with E-state index in [4.69, 9.17) is 9.47 Å². The molecule has 2 aliphatic carbocycles. The Bertz CT molecular complexity index is 1900. The highest BCUT2D eigenvalue weighted by molar-refractivity contribution is 7.91. The molecule has 12 nitrogen and oxygen atoms in total. The molecular weight excluding hydrogens is 673 g/mol. The molecule has 0 spiro atoms. The van der Waals surface area contributed by atoms with E-state index in [1.54, 1.807) is 6.20 Å². The summed E-state index contributed by atoms with van der Waals surface area (Å²) in [7, 11) is -3.88. The molecule has 3 amide bonds. The highest BCUT2D eigenvalue weighted by Crippen LogP contribution is 2.46. The van der Waals surface area contributed by atoms with E-state index < -0.39 is 73.9 Å². The van der Waals surface area contributed by atoms with Gasteiger partial charge in [0.05, 0.1) is 30.7 Å². The summed E-state index contributed by atoms with van der Waals surface area (Å²) in [5.41, 5.74) is -1.66. The molecule has 4 aliphatic rings. The van der Waals surface area contributed by atoms with Crippen LogP contribution in [0.5, 0.6) is 5.88 Å². The van der Waals surface area contributed by atoms with E-state index in [9.17, 15) is 27.6 Å². The van der Waals surface area contributed by atoms with Gasteiger partial charge in [-0.05, 0) is 54.2 Å².